The molecule has 3 heterocycles. The summed E-state index contributed by atoms with van der Waals surface area (Å²) in [5.74, 6) is 0. The Labute approximate surface area is 107 Å². The minimum atomic E-state index is -0.699. The third kappa shape index (κ3) is 1.76. The Hall–Kier alpha value is -1.28. The van der Waals surface area contributed by atoms with Crippen molar-refractivity contribution in [3.63, 3.8) is 0 Å². The first-order chi connectivity index (χ1) is 8.70. The second-order valence-corrected chi connectivity index (χ2v) is 4.46. The van der Waals surface area contributed by atoms with Crippen LogP contribution in [0.2, 0.25) is 5.15 Å². The Balaban J connectivity index is 1.99. The van der Waals surface area contributed by atoms with Crippen molar-refractivity contribution in [2.45, 2.75) is 24.9 Å². The van der Waals surface area contributed by atoms with E-state index in [1.807, 2.05) is 0 Å². The van der Waals surface area contributed by atoms with Gasteiger partial charge in [0.1, 0.15) is 24.2 Å². The maximum absolute atomic E-state index is 9.71. The highest BCUT2D eigenvalue weighted by atomic mass is 35.5. The highest BCUT2D eigenvalue weighted by molar-refractivity contribution is 6.33. The van der Waals surface area contributed by atoms with Crippen molar-refractivity contribution >= 4 is 22.8 Å². The molecule has 0 aliphatic carbocycles. The van der Waals surface area contributed by atoms with Gasteiger partial charge in [0.2, 0.25) is 0 Å². The number of fused-ring (bicyclic) bond motifs is 1. The molecule has 1 saturated heterocycles. The van der Waals surface area contributed by atoms with Gasteiger partial charge in [-0.25, -0.2) is 15.0 Å². The lowest BCUT2D eigenvalue weighted by Gasteiger charge is -2.13. The minimum absolute atomic E-state index is 0.222. The second kappa shape index (κ2) is 4.43. The number of hydrogen-bond acceptors (Lipinski definition) is 6. The van der Waals surface area contributed by atoms with Gasteiger partial charge in [0.25, 0.3) is 0 Å². The van der Waals surface area contributed by atoms with Crippen molar-refractivity contribution in [2.24, 2.45) is 0 Å². The lowest BCUT2D eigenvalue weighted by Crippen LogP contribution is -2.24. The first-order valence-corrected chi connectivity index (χ1v) is 5.86. The van der Waals surface area contributed by atoms with E-state index in [0.29, 0.717) is 17.6 Å². The van der Waals surface area contributed by atoms with Gasteiger partial charge in [0, 0.05) is 6.42 Å². The van der Waals surface area contributed by atoms with Crippen LogP contribution in [0.4, 0.5) is 0 Å². The average molecular weight is 271 g/mol. The molecule has 0 unspecified atom stereocenters. The lowest BCUT2D eigenvalue weighted by atomic mass is 10.2. The normalized spacial score (nSPS) is 28.1. The molecule has 3 atom stereocenters. The van der Waals surface area contributed by atoms with Gasteiger partial charge in [-0.3, -0.25) is 4.57 Å². The van der Waals surface area contributed by atoms with Gasteiger partial charge in [-0.2, -0.15) is 0 Å². The summed E-state index contributed by atoms with van der Waals surface area (Å²) in [6, 6.07) is 0. The molecule has 18 heavy (non-hydrogen) atoms. The van der Waals surface area contributed by atoms with Crippen molar-refractivity contribution in [1.82, 2.24) is 19.5 Å². The van der Waals surface area contributed by atoms with Crippen LogP contribution < -0.4 is 0 Å². The van der Waals surface area contributed by atoms with E-state index in [4.69, 9.17) is 21.4 Å². The van der Waals surface area contributed by atoms with E-state index < -0.39 is 18.4 Å². The number of imidazole rings is 1. The Morgan fingerprint density at radius 3 is 3.00 bits per heavy atom. The van der Waals surface area contributed by atoms with Gasteiger partial charge in [-0.1, -0.05) is 11.6 Å². The van der Waals surface area contributed by atoms with E-state index in [-0.39, 0.29) is 11.8 Å². The maximum atomic E-state index is 9.71. The Kier molecular flexibility index (Phi) is 2.90. The van der Waals surface area contributed by atoms with Crippen molar-refractivity contribution in [2.75, 3.05) is 6.61 Å². The summed E-state index contributed by atoms with van der Waals surface area (Å²) < 4.78 is 7.22. The SMILES string of the molecule is OC[C@@H]1O[C@H](n2cnc3c(Cl)ncnc32)C[C@@H]1O. The van der Waals surface area contributed by atoms with Crippen LogP contribution in [0.15, 0.2) is 12.7 Å². The smallest absolute Gasteiger partial charge is 0.166 e. The van der Waals surface area contributed by atoms with Crippen LogP contribution in [-0.4, -0.2) is 48.5 Å². The molecule has 0 amide bonds. The maximum Gasteiger partial charge on any atom is 0.166 e. The van der Waals surface area contributed by atoms with Crippen molar-refractivity contribution in [3.05, 3.63) is 17.8 Å². The first kappa shape index (κ1) is 11.8. The quantitative estimate of drug-likeness (QED) is 0.753. The topological polar surface area (TPSA) is 93.3 Å². The summed E-state index contributed by atoms with van der Waals surface area (Å²) in [6.45, 7) is -0.222. The third-order valence-corrected chi connectivity index (χ3v) is 3.29. The van der Waals surface area contributed by atoms with Gasteiger partial charge < -0.3 is 14.9 Å². The summed E-state index contributed by atoms with van der Waals surface area (Å²) in [5, 5.41) is 19.0. The van der Waals surface area contributed by atoms with E-state index in [9.17, 15) is 5.11 Å². The third-order valence-electron chi connectivity index (χ3n) is 3.01. The van der Waals surface area contributed by atoms with Crippen LogP contribution >= 0.6 is 11.6 Å². The zero-order valence-corrected chi connectivity index (χ0v) is 10.0. The molecule has 0 radical (unpaired) electrons. The van der Waals surface area contributed by atoms with Crippen LogP contribution in [0.1, 0.15) is 12.6 Å². The largest absolute Gasteiger partial charge is 0.394 e. The van der Waals surface area contributed by atoms with E-state index in [1.165, 1.54) is 6.33 Å². The van der Waals surface area contributed by atoms with Gasteiger partial charge in [0.15, 0.2) is 10.8 Å². The van der Waals surface area contributed by atoms with Gasteiger partial charge in [0.05, 0.1) is 19.0 Å². The van der Waals surface area contributed by atoms with E-state index in [1.54, 1.807) is 10.9 Å². The van der Waals surface area contributed by atoms with E-state index in [2.05, 4.69) is 15.0 Å². The Bertz CT molecular complexity index is 575. The molecule has 0 saturated carbocycles. The molecule has 0 bridgehead atoms. The molecular weight excluding hydrogens is 260 g/mol. The van der Waals surface area contributed by atoms with Crippen LogP contribution in [-0.2, 0) is 4.74 Å². The molecule has 1 fully saturated rings. The van der Waals surface area contributed by atoms with Crippen LogP contribution in [0.5, 0.6) is 0 Å². The molecular formula is C10H11ClN4O3. The number of hydrogen-bond donors (Lipinski definition) is 2. The van der Waals surface area contributed by atoms with Crippen molar-refractivity contribution < 1.29 is 14.9 Å². The summed E-state index contributed by atoms with van der Waals surface area (Å²) in [5.41, 5.74) is 1.04. The minimum Gasteiger partial charge on any atom is -0.394 e. The molecule has 1 aliphatic rings. The molecule has 7 nitrogen and oxygen atoms in total. The van der Waals surface area contributed by atoms with Gasteiger partial charge >= 0.3 is 0 Å². The number of aliphatic hydroxyl groups is 2. The number of rotatable bonds is 2. The zero-order valence-electron chi connectivity index (χ0n) is 9.27. The Morgan fingerprint density at radius 1 is 1.44 bits per heavy atom. The lowest BCUT2D eigenvalue weighted by molar-refractivity contribution is -0.0432. The summed E-state index contributed by atoms with van der Waals surface area (Å²) in [4.78, 5) is 12.1. The molecule has 0 spiro atoms. The number of aliphatic hydroxyl groups excluding tert-OH is 2. The van der Waals surface area contributed by atoms with Crippen molar-refractivity contribution in [3.8, 4) is 0 Å². The monoisotopic (exact) mass is 270 g/mol. The average Bonchev–Trinajstić information content (AvgIpc) is 2.93. The van der Waals surface area contributed by atoms with Crippen molar-refractivity contribution in [1.29, 1.82) is 0 Å². The fourth-order valence-electron chi connectivity index (χ4n) is 2.08. The molecule has 1 aliphatic heterocycles. The fourth-order valence-corrected chi connectivity index (χ4v) is 2.26. The predicted octanol–water partition coefficient (Wildman–Crippen LogP) is 0.120. The van der Waals surface area contributed by atoms with Crippen LogP contribution in [0.25, 0.3) is 11.2 Å². The Morgan fingerprint density at radius 2 is 2.28 bits per heavy atom. The molecule has 2 aromatic rings. The number of halogens is 1. The predicted molar refractivity (Wildman–Crippen MR) is 62.0 cm³/mol. The zero-order chi connectivity index (χ0) is 12.7. The molecule has 3 rings (SSSR count). The highest BCUT2D eigenvalue weighted by Gasteiger charge is 2.35. The molecule has 96 valence electrons. The highest BCUT2D eigenvalue weighted by Crippen LogP contribution is 2.31. The van der Waals surface area contributed by atoms with E-state index in [0.717, 1.165) is 0 Å². The fraction of sp³-hybridized carbons (Fsp3) is 0.500. The number of ether oxygens (including phenoxy) is 1. The standard InChI is InChI=1S/C10H11ClN4O3/c11-9-8-10(13-3-12-9)15(4-14-8)7-1-5(17)6(2-16)18-7/h3-7,16-17H,1-2H2/t5-,6-,7-/m0/s1. The van der Waals surface area contributed by atoms with Gasteiger partial charge in [-0.15, -0.1) is 0 Å². The summed E-state index contributed by atoms with van der Waals surface area (Å²) >= 11 is 5.90. The molecule has 0 aromatic carbocycles. The summed E-state index contributed by atoms with van der Waals surface area (Å²) in [7, 11) is 0. The summed E-state index contributed by atoms with van der Waals surface area (Å²) in [6.07, 6.45) is 1.57. The number of nitrogens with zero attached hydrogens (tertiary/aromatic N) is 4. The second-order valence-electron chi connectivity index (χ2n) is 4.10. The van der Waals surface area contributed by atoms with E-state index >= 15 is 0 Å². The molecule has 2 N–H and O–H groups in total. The first-order valence-electron chi connectivity index (χ1n) is 5.48. The van der Waals surface area contributed by atoms with Crippen LogP contribution in [0.3, 0.4) is 0 Å². The van der Waals surface area contributed by atoms with Crippen LogP contribution in [0, 0.1) is 0 Å². The van der Waals surface area contributed by atoms with Gasteiger partial charge in [-0.05, 0) is 0 Å². The molecule has 8 heteroatoms. The number of aromatic nitrogens is 4. The molecule has 2 aromatic heterocycles.